The maximum atomic E-state index is 12.7. The van der Waals surface area contributed by atoms with Crippen molar-refractivity contribution in [2.75, 3.05) is 13.7 Å². The highest BCUT2D eigenvalue weighted by Gasteiger charge is 2.43. The number of carbonyl (C=O) groups is 2. The fourth-order valence-electron chi connectivity index (χ4n) is 3.19. The van der Waals surface area contributed by atoms with Crippen LogP contribution >= 0.6 is 0 Å². The second-order valence-corrected chi connectivity index (χ2v) is 7.21. The number of benzene rings is 2. The van der Waals surface area contributed by atoms with E-state index in [1.54, 1.807) is 17.0 Å². The van der Waals surface area contributed by atoms with Gasteiger partial charge in [0.2, 0.25) is 0 Å². The van der Waals surface area contributed by atoms with Crippen molar-refractivity contribution in [3.63, 3.8) is 0 Å². The van der Waals surface area contributed by atoms with Crippen LogP contribution in [-0.2, 0) is 20.8 Å². The molecule has 1 saturated heterocycles. The summed E-state index contributed by atoms with van der Waals surface area (Å²) in [4.78, 5) is 25.9. The second-order valence-electron chi connectivity index (χ2n) is 7.21. The second kappa shape index (κ2) is 8.92. The van der Waals surface area contributed by atoms with Crippen molar-refractivity contribution in [3.05, 3.63) is 77.4 Å². The molecule has 0 spiro atoms. The highest BCUT2D eigenvalue weighted by Crippen LogP contribution is 2.29. The zero-order valence-corrected chi connectivity index (χ0v) is 16.8. The van der Waals surface area contributed by atoms with Crippen molar-refractivity contribution in [1.82, 2.24) is 4.90 Å². The summed E-state index contributed by atoms with van der Waals surface area (Å²) in [6, 6.07) is 16.3. The Hall–Kier alpha value is -3.12. The molecule has 2 aromatic rings. The van der Waals surface area contributed by atoms with Crippen LogP contribution in [0.4, 0.5) is 4.79 Å². The number of hydrogen-bond donors (Lipinski definition) is 0. The third-order valence-electron chi connectivity index (χ3n) is 4.76. The van der Waals surface area contributed by atoms with E-state index in [0.717, 1.165) is 11.1 Å². The lowest BCUT2D eigenvalue weighted by atomic mass is 10.1. The number of rotatable bonds is 5. The molecule has 0 unspecified atom stereocenters. The molecular weight excluding hydrogens is 370 g/mol. The van der Waals surface area contributed by atoms with E-state index >= 15 is 0 Å². The molecule has 1 atom stereocenters. The van der Waals surface area contributed by atoms with Gasteiger partial charge in [0.1, 0.15) is 12.3 Å². The third-order valence-corrected chi connectivity index (χ3v) is 4.76. The first kappa shape index (κ1) is 20.6. The summed E-state index contributed by atoms with van der Waals surface area (Å²) in [7, 11) is 1.35. The zero-order chi connectivity index (χ0) is 20.9. The SMILES string of the molecule is COC(=O)c1ccc(/C=C/[C@@H]2COC(C)(C)N2C(=O)OCc2ccccc2)cc1. The summed E-state index contributed by atoms with van der Waals surface area (Å²) in [5.41, 5.74) is 1.55. The predicted molar refractivity (Wildman–Crippen MR) is 109 cm³/mol. The van der Waals surface area contributed by atoms with Crippen LogP contribution in [0.1, 0.15) is 35.3 Å². The van der Waals surface area contributed by atoms with Crippen LogP contribution in [0.25, 0.3) is 6.08 Å². The first-order valence-corrected chi connectivity index (χ1v) is 9.41. The summed E-state index contributed by atoms with van der Waals surface area (Å²) in [6.07, 6.45) is 3.38. The van der Waals surface area contributed by atoms with Crippen molar-refractivity contribution in [1.29, 1.82) is 0 Å². The summed E-state index contributed by atoms with van der Waals surface area (Å²) in [5, 5.41) is 0. The van der Waals surface area contributed by atoms with Gasteiger partial charge in [-0.25, -0.2) is 9.59 Å². The van der Waals surface area contributed by atoms with Crippen molar-refractivity contribution in [2.24, 2.45) is 0 Å². The quantitative estimate of drug-likeness (QED) is 0.708. The van der Waals surface area contributed by atoms with E-state index in [9.17, 15) is 9.59 Å². The number of ether oxygens (including phenoxy) is 3. The molecule has 3 rings (SSSR count). The van der Waals surface area contributed by atoms with Crippen LogP contribution in [0.5, 0.6) is 0 Å². The zero-order valence-electron chi connectivity index (χ0n) is 16.8. The fourth-order valence-corrected chi connectivity index (χ4v) is 3.19. The lowest BCUT2D eigenvalue weighted by molar-refractivity contribution is -0.0479. The Morgan fingerprint density at radius 1 is 1.14 bits per heavy atom. The molecule has 0 aliphatic carbocycles. The minimum Gasteiger partial charge on any atom is -0.465 e. The number of hydrogen-bond acceptors (Lipinski definition) is 5. The van der Waals surface area contributed by atoms with Gasteiger partial charge in [-0.3, -0.25) is 4.90 Å². The van der Waals surface area contributed by atoms with E-state index in [0.29, 0.717) is 12.2 Å². The molecule has 152 valence electrons. The van der Waals surface area contributed by atoms with Crippen LogP contribution in [0.15, 0.2) is 60.7 Å². The van der Waals surface area contributed by atoms with Crippen molar-refractivity contribution >= 4 is 18.1 Å². The Bertz CT molecular complexity index is 874. The number of esters is 1. The van der Waals surface area contributed by atoms with Gasteiger partial charge in [0.15, 0.2) is 0 Å². The van der Waals surface area contributed by atoms with E-state index in [-0.39, 0.29) is 18.6 Å². The lowest BCUT2D eigenvalue weighted by Crippen LogP contribution is -2.47. The first-order valence-electron chi connectivity index (χ1n) is 9.41. The average Bonchev–Trinajstić information content (AvgIpc) is 3.05. The first-order chi connectivity index (χ1) is 13.9. The summed E-state index contributed by atoms with van der Waals surface area (Å²) in [6.45, 7) is 4.27. The van der Waals surface area contributed by atoms with Crippen LogP contribution in [0.3, 0.4) is 0 Å². The van der Waals surface area contributed by atoms with Gasteiger partial charge in [-0.1, -0.05) is 54.6 Å². The average molecular weight is 395 g/mol. The van der Waals surface area contributed by atoms with E-state index in [1.807, 2.05) is 68.5 Å². The third kappa shape index (κ3) is 5.03. The number of nitrogens with zero attached hydrogens (tertiary/aromatic N) is 1. The van der Waals surface area contributed by atoms with E-state index in [1.165, 1.54) is 7.11 Å². The summed E-state index contributed by atoms with van der Waals surface area (Å²) < 4.78 is 16.0. The molecule has 2 aromatic carbocycles. The smallest absolute Gasteiger partial charge is 0.412 e. The molecule has 1 amide bonds. The molecule has 0 N–H and O–H groups in total. The highest BCUT2D eigenvalue weighted by molar-refractivity contribution is 5.89. The van der Waals surface area contributed by atoms with Gasteiger partial charge in [0.05, 0.1) is 25.3 Å². The molecular formula is C23H25NO5. The van der Waals surface area contributed by atoms with Gasteiger partial charge in [0.25, 0.3) is 0 Å². The highest BCUT2D eigenvalue weighted by atomic mass is 16.6. The Morgan fingerprint density at radius 2 is 1.83 bits per heavy atom. The minimum atomic E-state index is -0.766. The molecule has 0 saturated carbocycles. The van der Waals surface area contributed by atoms with E-state index < -0.39 is 11.8 Å². The maximum Gasteiger partial charge on any atom is 0.412 e. The van der Waals surface area contributed by atoms with E-state index in [2.05, 4.69) is 0 Å². The molecule has 1 aliphatic heterocycles. The van der Waals surface area contributed by atoms with Crippen molar-refractivity contribution < 1.29 is 23.8 Å². The van der Waals surface area contributed by atoms with Gasteiger partial charge in [0, 0.05) is 0 Å². The molecule has 1 heterocycles. The number of methoxy groups -OCH3 is 1. The topological polar surface area (TPSA) is 65.1 Å². The van der Waals surface area contributed by atoms with Crippen LogP contribution in [0, 0.1) is 0 Å². The van der Waals surface area contributed by atoms with Gasteiger partial charge in [-0.2, -0.15) is 0 Å². The minimum absolute atomic E-state index is 0.206. The Kier molecular flexibility index (Phi) is 6.34. The Labute approximate surface area is 170 Å². The largest absolute Gasteiger partial charge is 0.465 e. The predicted octanol–water partition coefficient (Wildman–Crippen LogP) is 4.26. The molecule has 1 aliphatic rings. The van der Waals surface area contributed by atoms with Gasteiger partial charge in [-0.05, 0) is 37.1 Å². The van der Waals surface area contributed by atoms with Gasteiger partial charge < -0.3 is 14.2 Å². The molecule has 0 radical (unpaired) electrons. The van der Waals surface area contributed by atoms with Crippen molar-refractivity contribution in [3.8, 4) is 0 Å². The van der Waals surface area contributed by atoms with E-state index in [4.69, 9.17) is 14.2 Å². The lowest BCUT2D eigenvalue weighted by Gasteiger charge is -2.31. The van der Waals surface area contributed by atoms with Crippen LogP contribution in [0.2, 0.25) is 0 Å². The summed E-state index contributed by atoms with van der Waals surface area (Å²) in [5.74, 6) is -0.376. The fraction of sp³-hybridized carbons (Fsp3) is 0.304. The molecule has 0 bridgehead atoms. The summed E-state index contributed by atoms with van der Waals surface area (Å²) >= 11 is 0. The monoisotopic (exact) mass is 395 g/mol. The number of amides is 1. The molecule has 0 aromatic heterocycles. The molecule has 1 fully saturated rings. The molecule has 6 nitrogen and oxygen atoms in total. The molecule has 29 heavy (non-hydrogen) atoms. The van der Waals surface area contributed by atoms with Crippen LogP contribution in [-0.4, -0.2) is 42.4 Å². The Balaban J connectivity index is 1.68. The standard InChI is InChI=1S/C23H25NO5/c1-23(2)24(22(26)28-15-18-7-5-4-6-8-18)20(16-29-23)14-11-17-9-12-19(13-10-17)21(25)27-3/h4-14,20H,15-16H2,1-3H3/b14-11+/t20-/m1/s1. The normalized spacial score (nSPS) is 18.0. The Morgan fingerprint density at radius 3 is 2.48 bits per heavy atom. The van der Waals surface area contributed by atoms with Gasteiger partial charge >= 0.3 is 12.1 Å². The van der Waals surface area contributed by atoms with Crippen LogP contribution < -0.4 is 0 Å². The maximum absolute atomic E-state index is 12.7. The molecule has 6 heteroatoms. The number of carbonyl (C=O) groups excluding carboxylic acids is 2. The van der Waals surface area contributed by atoms with Gasteiger partial charge in [-0.15, -0.1) is 0 Å². The van der Waals surface area contributed by atoms with Crippen molar-refractivity contribution in [2.45, 2.75) is 32.2 Å².